The summed E-state index contributed by atoms with van der Waals surface area (Å²) >= 11 is 5.26. The van der Waals surface area contributed by atoms with Crippen molar-refractivity contribution in [3.05, 3.63) is 29.8 Å². The highest BCUT2D eigenvalue weighted by Crippen LogP contribution is 2.32. The second-order valence-electron chi connectivity index (χ2n) is 7.89. The lowest BCUT2D eigenvalue weighted by Crippen LogP contribution is -2.41. The molecule has 0 aromatic heterocycles. The number of hydrogen-bond donors (Lipinski definition) is 2. The van der Waals surface area contributed by atoms with E-state index in [1.54, 1.807) is 6.07 Å². The van der Waals surface area contributed by atoms with Crippen molar-refractivity contribution >= 4 is 23.0 Å². The molecule has 0 amide bonds. The molecule has 150 valence electrons. The van der Waals surface area contributed by atoms with Crippen molar-refractivity contribution in [3.63, 3.8) is 0 Å². The fraction of sp³-hybridized carbons (Fsp3) is 0.650. The summed E-state index contributed by atoms with van der Waals surface area (Å²) in [6, 6.07) is 5.81. The first-order valence-corrected chi connectivity index (χ1v) is 10.2. The van der Waals surface area contributed by atoms with Gasteiger partial charge < -0.3 is 10.6 Å². The molecule has 3 nitrogen and oxygen atoms in total. The molecule has 1 heterocycles. The van der Waals surface area contributed by atoms with E-state index in [2.05, 4.69) is 22.5 Å². The monoisotopic (exact) mass is 399 g/mol. The standard InChI is InChI=1S/C20H28F3N3S/c1-14-5-2-3-8-18(14)26-10-9-15(13-26)12-24-19(27)25-17-7-4-6-16(11-17)20(21,22)23/h4,6-7,11,14-15,18H,2-3,5,8-10,12-13H2,1H3,(H2,24,25,27)/t14-,15+,18-/m1/s1. The van der Waals surface area contributed by atoms with Crippen LogP contribution in [0.3, 0.4) is 0 Å². The molecule has 1 saturated carbocycles. The van der Waals surface area contributed by atoms with Crippen LogP contribution in [0.25, 0.3) is 0 Å². The number of likely N-dealkylation sites (tertiary alicyclic amines) is 1. The predicted molar refractivity (Wildman–Crippen MR) is 107 cm³/mol. The molecule has 2 fully saturated rings. The van der Waals surface area contributed by atoms with Crippen LogP contribution < -0.4 is 10.6 Å². The number of nitrogens with zero attached hydrogens (tertiary/aromatic N) is 1. The molecular weight excluding hydrogens is 371 g/mol. The van der Waals surface area contributed by atoms with Crippen LogP contribution in [0.1, 0.15) is 44.6 Å². The van der Waals surface area contributed by atoms with E-state index >= 15 is 0 Å². The summed E-state index contributed by atoms with van der Waals surface area (Å²) in [6.07, 6.45) is 2.11. The molecule has 27 heavy (non-hydrogen) atoms. The van der Waals surface area contributed by atoms with Crippen LogP contribution >= 0.6 is 12.2 Å². The summed E-state index contributed by atoms with van der Waals surface area (Å²) in [4.78, 5) is 2.62. The molecule has 3 atom stereocenters. The number of anilines is 1. The van der Waals surface area contributed by atoms with Crippen LogP contribution in [0.5, 0.6) is 0 Å². The first-order chi connectivity index (χ1) is 12.8. The van der Waals surface area contributed by atoms with Crippen molar-refractivity contribution in [1.29, 1.82) is 0 Å². The number of alkyl halides is 3. The summed E-state index contributed by atoms with van der Waals surface area (Å²) in [6.45, 7) is 5.33. The normalized spacial score (nSPS) is 26.7. The molecule has 0 spiro atoms. The predicted octanol–water partition coefficient (Wildman–Crippen LogP) is 4.89. The van der Waals surface area contributed by atoms with Crippen LogP contribution in [0, 0.1) is 11.8 Å². The lowest BCUT2D eigenvalue weighted by molar-refractivity contribution is -0.137. The van der Waals surface area contributed by atoms with Gasteiger partial charge in [-0.1, -0.05) is 25.8 Å². The lowest BCUT2D eigenvalue weighted by Gasteiger charge is -2.36. The van der Waals surface area contributed by atoms with E-state index < -0.39 is 11.7 Å². The van der Waals surface area contributed by atoms with Gasteiger partial charge in [-0.05, 0) is 68.1 Å². The van der Waals surface area contributed by atoms with E-state index in [1.165, 1.54) is 31.7 Å². The molecule has 1 saturated heterocycles. The Hall–Kier alpha value is -1.34. The number of halogens is 3. The van der Waals surface area contributed by atoms with Crippen LogP contribution in [0.15, 0.2) is 24.3 Å². The van der Waals surface area contributed by atoms with Gasteiger partial charge in [0.25, 0.3) is 0 Å². The number of thiocarbonyl (C=S) groups is 1. The highest BCUT2D eigenvalue weighted by atomic mass is 32.1. The molecule has 7 heteroatoms. The average molecular weight is 400 g/mol. The van der Waals surface area contributed by atoms with E-state index in [0.717, 1.165) is 44.1 Å². The Kier molecular flexibility index (Phi) is 6.63. The zero-order chi connectivity index (χ0) is 19.4. The van der Waals surface area contributed by atoms with Crippen molar-refractivity contribution in [2.45, 2.75) is 51.2 Å². The molecular formula is C20H28F3N3S. The Labute approximate surface area is 164 Å². The van der Waals surface area contributed by atoms with E-state index in [1.807, 2.05) is 0 Å². The average Bonchev–Trinajstić information content (AvgIpc) is 3.09. The second kappa shape index (κ2) is 8.78. The van der Waals surface area contributed by atoms with Crippen molar-refractivity contribution in [2.24, 2.45) is 11.8 Å². The maximum atomic E-state index is 12.8. The third kappa shape index (κ3) is 5.57. The highest BCUT2D eigenvalue weighted by molar-refractivity contribution is 7.80. The summed E-state index contributed by atoms with van der Waals surface area (Å²) < 4.78 is 38.4. The molecule has 1 aromatic carbocycles. The lowest BCUT2D eigenvalue weighted by atomic mass is 9.85. The Bertz CT molecular complexity index is 650. The van der Waals surface area contributed by atoms with Gasteiger partial charge in [0.2, 0.25) is 0 Å². The van der Waals surface area contributed by atoms with Gasteiger partial charge >= 0.3 is 6.18 Å². The van der Waals surface area contributed by atoms with Crippen LogP contribution in [-0.2, 0) is 6.18 Å². The summed E-state index contributed by atoms with van der Waals surface area (Å²) in [5.41, 5.74) is -0.324. The van der Waals surface area contributed by atoms with Gasteiger partial charge in [-0.15, -0.1) is 0 Å². The van der Waals surface area contributed by atoms with E-state index in [0.29, 0.717) is 22.8 Å². The number of hydrogen-bond acceptors (Lipinski definition) is 2. The van der Waals surface area contributed by atoms with Gasteiger partial charge in [0, 0.05) is 24.8 Å². The number of nitrogens with one attached hydrogen (secondary N) is 2. The Morgan fingerprint density at radius 3 is 2.74 bits per heavy atom. The number of benzene rings is 1. The van der Waals surface area contributed by atoms with Crippen molar-refractivity contribution in [3.8, 4) is 0 Å². The Morgan fingerprint density at radius 1 is 1.22 bits per heavy atom. The molecule has 3 rings (SSSR count). The van der Waals surface area contributed by atoms with E-state index in [9.17, 15) is 13.2 Å². The Morgan fingerprint density at radius 2 is 2.00 bits per heavy atom. The van der Waals surface area contributed by atoms with E-state index in [4.69, 9.17) is 12.2 Å². The molecule has 0 unspecified atom stereocenters. The van der Waals surface area contributed by atoms with Gasteiger partial charge in [-0.2, -0.15) is 13.2 Å². The minimum Gasteiger partial charge on any atom is -0.362 e. The third-order valence-corrected chi connectivity index (χ3v) is 6.10. The summed E-state index contributed by atoms with van der Waals surface area (Å²) in [7, 11) is 0. The first kappa shape index (κ1) is 20.4. The summed E-state index contributed by atoms with van der Waals surface area (Å²) in [5.74, 6) is 1.30. The fourth-order valence-electron chi connectivity index (χ4n) is 4.36. The van der Waals surface area contributed by atoms with Crippen molar-refractivity contribution < 1.29 is 13.2 Å². The highest BCUT2D eigenvalue weighted by Gasteiger charge is 2.32. The second-order valence-corrected chi connectivity index (χ2v) is 8.30. The minimum absolute atomic E-state index is 0.353. The van der Waals surface area contributed by atoms with E-state index in [-0.39, 0.29) is 0 Å². The largest absolute Gasteiger partial charge is 0.416 e. The van der Waals surface area contributed by atoms with Gasteiger partial charge in [0.15, 0.2) is 5.11 Å². The zero-order valence-electron chi connectivity index (χ0n) is 15.7. The van der Waals surface area contributed by atoms with Crippen LogP contribution in [-0.4, -0.2) is 35.7 Å². The Balaban J connectivity index is 1.45. The first-order valence-electron chi connectivity index (χ1n) is 9.79. The SMILES string of the molecule is C[C@@H]1CCCC[C@H]1N1CC[C@@H](CNC(=S)Nc2cccc(C(F)(F)F)c2)C1. The quantitative estimate of drug-likeness (QED) is 0.705. The molecule has 1 aliphatic heterocycles. The number of rotatable bonds is 4. The maximum Gasteiger partial charge on any atom is 0.416 e. The van der Waals surface area contributed by atoms with Crippen LogP contribution in [0.4, 0.5) is 18.9 Å². The van der Waals surface area contributed by atoms with Gasteiger partial charge in [0.05, 0.1) is 5.56 Å². The molecule has 0 radical (unpaired) electrons. The smallest absolute Gasteiger partial charge is 0.362 e. The maximum absolute atomic E-state index is 12.8. The fourth-order valence-corrected chi connectivity index (χ4v) is 4.56. The third-order valence-electron chi connectivity index (χ3n) is 5.85. The van der Waals surface area contributed by atoms with Gasteiger partial charge in [-0.3, -0.25) is 4.90 Å². The minimum atomic E-state index is -4.35. The molecule has 0 bridgehead atoms. The van der Waals surface area contributed by atoms with Crippen molar-refractivity contribution in [1.82, 2.24) is 10.2 Å². The molecule has 2 N–H and O–H groups in total. The van der Waals surface area contributed by atoms with Gasteiger partial charge in [-0.25, -0.2) is 0 Å². The topological polar surface area (TPSA) is 27.3 Å². The summed E-state index contributed by atoms with van der Waals surface area (Å²) in [5, 5.41) is 6.42. The van der Waals surface area contributed by atoms with Crippen molar-refractivity contribution in [2.75, 3.05) is 25.0 Å². The van der Waals surface area contributed by atoms with Gasteiger partial charge in [0.1, 0.15) is 0 Å². The zero-order valence-corrected chi connectivity index (χ0v) is 16.5. The molecule has 1 aliphatic carbocycles. The van der Waals surface area contributed by atoms with Crippen LogP contribution in [0.2, 0.25) is 0 Å². The molecule has 1 aromatic rings. The molecule has 2 aliphatic rings.